The summed E-state index contributed by atoms with van der Waals surface area (Å²) in [4.78, 5) is 40.2. The van der Waals surface area contributed by atoms with E-state index in [2.05, 4.69) is 20.9 Å². The van der Waals surface area contributed by atoms with E-state index in [-0.39, 0.29) is 24.3 Å². The largest absolute Gasteiger partial charge is 0.399 e. The number of nitrogens with zero attached hydrogens (tertiary/aromatic N) is 1. The molecule has 0 aliphatic carbocycles. The number of nitrogen functional groups attached to an aromatic ring is 1. The molecule has 4 rings (SSSR count). The van der Waals surface area contributed by atoms with Crippen LogP contribution in [0.4, 0.5) is 10.8 Å². The van der Waals surface area contributed by atoms with Crippen LogP contribution in [0.2, 0.25) is 0 Å². The molecule has 3 aromatic carbocycles. The minimum Gasteiger partial charge on any atom is -0.399 e. The van der Waals surface area contributed by atoms with Crippen molar-refractivity contribution in [1.82, 2.24) is 15.6 Å². The Kier molecular flexibility index (Phi) is 7.72. The molecule has 3 amide bonds. The molecular formula is C27H25N5O3S. The number of nitrogens with two attached hydrogens (primary N) is 1. The minimum atomic E-state index is -0.371. The summed E-state index contributed by atoms with van der Waals surface area (Å²) in [7, 11) is 0. The zero-order chi connectivity index (χ0) is 25.5. The van der Waals surface area contributed by atoms with E-state index >= 15 is 0 Å². The topological polar surface area (TPSA) is 126 Å². The summed E-state index contributed by atoms with van der Waals surface area (Å²) >= 11 is 1.31. The van der Waals surface area contributed by atoms with Gasteiger partial charge in [0.05, 0.1) is 12.2 Å². The van der Waals surface area contributed by atoms with Gasteiger partial charge in [0, 0.05) is 35.7 Å². The van der Waals surface area contributed by atoms with Crippen LogP contribution < -0.4 is 21.7 Å². The predicted octanol–water partition coefficient (Wildman–Crippen LogP) is 4.06. The third-order valence-electron chi connectivity index (χ3n) is 5.29. The first-order valence-corrected chi connectivity index (χ1v) is 12.1. The molecule has 0 atom stereocenters. The molecule has 0 spiro atoms. The Hall–Kier alpha value is -4.50. The van der Waals surface area contributed by atoms with Crippen LogP contribution in [0.25, 0.3) is 22.4 Å². The molecule has 0 aliphatic rings. The number of rotatable bonds is 8. The second-order valence-corrected chi connectivity index (χ2v) is 8.94. The summed E-state index contributed by atoms with van der Waals surface area (Å²) < 4.78 is 0. The lowest BCUT2D eigenvalue weighted by molar-refractivity contribution is -0.119. The van der Waals surface area contributed by atoms with Crippen molar-refractivity contribution in [2.75, 3.05) is 17.6 Å². The summed E-state index contributed by atoms with van der Waals surface area (Å²) in [6.45, 7) is 1.79. The van der Waals surface area contributed by atoms with Crippen molar-refractivity contribution in [2.24, 2.45) is 0 Å². The molecule has 9 heteroatoms. The van der Waals surface area contributed by atoms with Crippen LogP contribution in [0.1, 0.15) is 22.8 Å². The number of carbonyl (C=O) groups excluding carboxylic acids is 3. The zero-order valence-electron chi connectivity index (χ0n) is 19.6. The monoisotopic (exact) mass is 499 g/mol. The molecule has 1 heterocycles. The van der Waals surface area contributed by atoms with Gasteiger partial charge in [-0.25, -0.2) is 4.98 Å². The average molecular weight is 500 g/mol. The molecule has 0 fully saturated rings. The second kappa shape index (κ2) is 11.3. The maximum absolute atomic E-state index is 12.3. The quantitative estimate of drug-likeness (QED) is 0.272. The lowest BCUT2D eigenvalue weighted by Gasteiger charge is -2.08. The van der Waals surface area contributed by atoms with E-state index in [1.165, 1.54) is 18.3 Å². The number of amides is 3. The summed E-state index contributed by atoms with van der Waals surface area (Å²) in [6, 6.07) is 22.4. The van der Waals surface area contributed by atoms with Crippen LogP contribution in [-0.4, -0.2) is 29.3 Å². The van der Waals surface area contributed by atoms with E-state index in [1.54, 1.807) is 24.3 Å². The fourth-order valence-corrected chi connectivity index (χ4v) is 4.21. The molecule has 0 saturated heterocycles. The minimum absolute atomic E-state index is 0.0713. The number of hydrogen-bond acceptors (Lipinski definition) is 6. The first-order valence-electron chi connectivity index (χ1n) is 11.2. The van der Waals surface area contributed by atoms with Gasteiger partial charge >= 0.3 is 0 Å². The highest BCUT2D eigenvalue weighted by Gasteiger charge is 2.11. The van der Waals surface area contributed by atoms with Gasteiger partial charge in [-0.05, 0) is 53.1 Å². The van der Waals surface area contributed by atoms with Crippen LogP contribution in [0.3, 0.4) is 0 Å². The smallest absolute Gasteiger partial charge is 0.251 e. The number of benzene rings is 3. The molecule has 0 saturated carbocycles. The third-order valence-corrected chi connectivity index (χ3v) is 6.05. The summed E-state index contributed by atoms with van der Waals surface area (Å²) in [6.07, 6.45) is 0. The molecule has 1 aromatic heterocycles. The van der Waals surface area contributed by atoms with E-state index < -0.39 is 0 Å². The molecular weight excluding hydrogens is 474 g/mol. The van der Waals surface area contributed by atoms with Gasteiger partial charge in [-0.2, -0.15) is 0 Å². The summed E-state index contributed by atoms with van der Waals surface area (Å²) in [5.74, 6) is -0.801. The second-order valence-electron chi connectivity index (χ2n) is 8.08. The normalized spacial score (nSPS) is 10.5. The summed E-state index contributed by atoms with van der Waals surface area (Å²) in [5, 5.41) is 10.4. The first kappa shape index (κ1) is 24.6. The standard InChI is InChI=1S/C27H25N5O3S/c1-17(33)29-14-18-4-2-5-20(12-18)21-6-3-7-22(13-21)24-16-36-27(31-24)32-25(34)15-30-26(35)19-8-10-23(28)11-9-19/h2-13,16H,14-15,28H2,1H3,(H,29,33)(H,30,35)(H,31,32,34). The Bertz CT molecular complexity index is 1400. The van der Waals surface area contributed by atoms with Gasteiger partial charge in [-0.15, -0.1) is 11.3 Å². The Morgan fingerprint density at radius 1 is 0.889 bits per heavy atom. The van der Waals surface area contributed by atoms with Gasteiger partial charge in [-0.1, -0.05) is 36.4 Å². The van der Waals surface area contributed by atoms with Crippen LogP contribution in [0, 0.1) is 0 Å². The highest BCUT2D eigenvalue weighted by atomic mass is 32.1. The number of aromatic nitrogens is 1. The Labute approximate surface area is 212 Å². The highest BCUT2D eigenvalue weighted by molar-refractivity contribution is 7.14. The van der Waals surface area contributed by atoms with Crippen LogP contribution in [0.5, 0.6) is 0 Å². The maximum Gasteiger partial charge on any atom is 0.251 e. The van der Waals surface area contributed by atoms with Crippen molar-refractivity contribution in [3.8, 4) is 22.4 Å². The number of thiazole rings is 1. The molecule has 0 radical (unpaired) electrons. The van der Waals surface area contributed by atoms with E-state index in [9.17, 15) is 14.4 Å². The molecule has 182 valence electrons. The van der Waals surface area contributed by atoms with Gasteiger partial charge in [0.2, 0.25) is 11.8 Å². The lowest BCUT2D eigenvalue weighted by atomic mass is 10.0. The number of carbonyl (C=O) groups is 3. The molecule has 5 N–H and O–H groups in total. The fourth-order valence-electron chi connectivity index (χ4n) is 3.47. The SMILES string of the molecule is CC(=O)NCc1cccc(-c2cccc(-c3csc(NC(=O)CNC(=O)c4ccc(N)cc4)n3)c2)c1. The molecule has 36 heavy (non-hydrogen) atoms. The molecule has 0 aliphatic heterocycles. The van der Waals surface area contributed by atoms with Crippen molar-refractivity contribution < 1.29 is 14.4 Å². The van der Waals surface area contributed by atoms with Gasteiger partial charge in [-0.3, -0.25) is 14.4 Å². The van der Waals surface area contributed by atoms with E-state index in [4.69, 9.17) is 5.73 Å². The number of nitrogens with one attached hydrogen (secondary N) is 3. The average Bonchev–Trinajstić information content (AvgIpc) is 3.35. The highest BCUT2D eigenvalue weighted by Crippen LogP contribution is 2.29. The maximum atomic E-state index is 12.3. The van der Waals surface area contributed by atoms with E-state index in [0.717, 1.165) is 27.9 Å². The predicted molar refractivity (Wildman–Crippen MR) is 142 cm³/mol. The molecule has 4 aromatic rings. The Morgan fingerprint density at radius 3 is 2.33 bits per heavy atom. The first-order chi connectivity index (χ1) is 17.4. The van der Waals surface area contributed by atoms with Gasteiger partial charge in [0.25, 0.3) is 5.91 Å². The number of anilines is 2. The van der Waals surface area contributed by atoms with E-state index in [1.807, 2.05) is 53.9 Å². The fraction of sp³-hybridized carbons (Fsp3) is 0.111. The van der Waals surface area contributed by atoms with Crippen molar-refractivity contribution >= 4 is 39.9 Å². The summed E-state index contributed by atoms with van der Waals surface area (Å²) in [5.41, 5.74) is 11.3. The Morgan fingerprint density at radius 2 is 1.58 bits per heavy atom. The Balaban J connectivity index is 1.38. The van der Waals surface area contributed by atoms with Gasteiger partial charge in [0.15, 0.2) is 5.13 Å². The van der Waals surface area contributed by atoms with Crippen molar-refractivity contribution in [2.45, 2.75) is 13.5 Å². The zero-order valence-corrected chi connectivity index (χ0v) is 20.4. The van der Waals surface area contributed by atoms with E-state index in [0.29, 0.717) is 22.9 Å². The molecule has 8 nitrogen and oxygen atoms in total. The number of hydrogen-bond donors (Lipinski definition) is 4. The molecule has 0 bridgehead atoms. The van der Waals surface area contributed by atoms with Crippen LogP contribution in [0.15, 0.2) is 78.2 Å². The van der Waals surface area contributed by atoms with Crippen molar-refractivity contribution in [1.29, 1.82) is 0 Å². The van der Waals surface area contributed by atoms with Crippen LogP contribution in [-0.2, 0) is 16.1 Å². The van der Waals surface area contributed by atoms with Gasteiger partial charge in [0.1, 0.15) is 0 Å². The van der Waals surface area contributed by atoms with Crippen LogP contribution >= 0.6 is 11.3 Å². The lowest BCUT2D eigenvalue weighted by Crippen LogP contribution is -2.32. The van der Waals surface area contributed by atoms with Crippen molar-refractivity contribution in [3.05, 3.63) is 89.3 Å². The molecule has 0 unspecified atom stereocenters. The van der Waals surface area contributed by atoms with Crippen molar-refractivity contribution in [3.63, 3.8) is 0 Å². The third kappa shape index (κ3) is 6.55. The van der Waals surface area contributed by atoms with Gasteiger partial charge < -0.3 is 21.7 Å².